The number of ether oxygens (including phenoxy) is 1. The van der Waals surface area contributed by atoms with Gasteiger partial charge in [-0.2, -0.15) is 0 Å². The molecule has 0 aliphatic heterocycles. The predicted molar refractivity (Wildman–Crippen MR) is 68.7 cm³/mol. The van der Waals surface area contributed by atoms with Crippen LogP contribution in [0.25, 0.3) is 0 Å². The van der Waals surface area contributed by atoms with Crippen LogP contribution in [-0.4, -0.2) is 31.1 Å². The van der Waals surface area contributed by atoms with Gasteiger partial charge in [-0.25, -0.2) is 4.79 Å². The molecule has 1 aliphatic rings. The third-order valence-corrected chi connectivity index (χ3v) is 4.04. The summed E-state index contributed by atoms with van der Waals surface area (Å²) in [6.07, 6.45) is 3.39. The van der Waals surface area contributed by atoms with Crippen LogP contribution in [0.15, 0.2) is 0 Å². The number of methoxy groups -OCH3 is 1. The van der Waals surface area contributed by atoms with Gasteiger partial charge in [-0.1, -0.05) is 13.3 Å². The molecule has 0 aromatic rings. The van der Waals surface area contributed by atoms with Gasteiger partial charge >= 0.3 is 5.97 Å². The van der Waals surface area contributed by atoms with Crippen molar-refractivity contribution in [1.29, 1.82) is 0 Å². The van der Waals surface area contributed by atoms with E-state index >= 15 is 0 Å². The molecule has 0 saturated heterocycles. The van der Waals surface area contributed by atoms with E-state index in [1.165, 1.54) is 7.11 Å². The molecular weight excluding hydrogens is 232 g/mol. The third kappa shape index (κ3) is 3.02. The Balaban J connectivity index is 2.70. The second-order valence-corrected chi connectivity index (χ2v) is 5.20. The molecule has 1 fully saturated rings. The fraction of sp³-hybridized carbons (Fsp3) is 0.846. The molecule has 5 nitrogen and oxygen atoms in total. The van der Waals surface area contributed by atoms with E-state index in [1.54, 1.807) is 6.92 Å². The number of amides is 1. The first-order valence-electron chi connectivity index (χ1n) is 6.59. The van der Waals surface area contributed by atoms with E-state index in [0.717, 1.165) is 19.3 Å². The maximum absolute atomic E-state index is 12.2. The molecule has 1 aliphatic carbocycles. The highest BCUT2D eigenvalue weighted by molar-refractivity contribution is 5.88. The number of hydrogen-bond acceptors (Lipinski definition) is 4. The van der Waals surface area contributed by atoms with Crippen molar-refractivity contribution in [3.8, 4) is 0 Å². The van der Waals surface area contributed by atoms with E-state index in [0.29, 0.717) is 13.0 Å². The molecule has 0 bridgehead atoms. The number of hydrogen-bond donors (Lipinski definition) is 2. The molecule has 5 heteroatoms. The Kier molecular flexibility index (Phi) is 5.14. The number of nitrogens with one attached hydrogen (secondary N) is 1. The van der Waals surface area contributed by atoms with Crippen LogP contribution >= 0.6 is 0 Å². The van der Waals surface area contributed by atoms with E-state index in [4.69, 9.17) is 10.5 Å². The SMILES string of the molecule is CCC(C)(NC(=O)[C@@H]1CCC[C@@H]1CN)C(=O)OC. The second kappa shape index (κ2) is 6.18. The minimum absolute atomic E-state index is 0.0643. The summed E-state index contributed by atoms with van der Waals surface area (Å²) < 4.78 is 4.74. The molecule has 1 saturated carbocycles. The molecule has 0 spiro atoms. The van der Waals surface area contributed by atoms with Gasteiger partial charge in [-0.15, -0.1) is 0 Å². The normalized spacial score (nSPS) is 26.4. The monoisotopic (exact) mass is 256 g/mol. The van der Waals surface area contributed by atoms with E-state index in [2.05, 4.69) is 5.32 Å². The highest BCUT2D eigenvalue weighted by atomic mass is 16.5. The van der Waals surface area contributed by atoms with Gasteiger partial charge in [0.1, 0.15) is 5.54 Å². The topological polar surface area (TPSA) is 81.4 Å². The molecule has 0 heterocycles. The second-order valence-electron chi connectivity index (χ2n) is 5.20. The molecular formula is C13H24N2O3. The van der Waals surface area contributed by atoms with Gasteiger partial charge in [0.15, 0.2) is 0 Å². The average Bonchev–Trinajstić information content (AvgIpc) is 2.85. The van der Waals surface area contributed by atoms with Crippen LogP contribution in [0.1, 0.15) is 39.5 Å². The van der Waals surface area contributed by atoms with Gasteiger partial charge in [0.25, 0.3) is 0 Å². The van der Waals surface area contributed by atoms with Gasteiger partial charge < -0.3 is 15.8 Å². The lowest BCUT2D eigenvalue weighted by Crippen LogP contribution is -2.54. The van der Waals surface area contributed by atoms with Crippen molar-refractivity contribution < 1.29 is 14.3 Å². The summed E-state index contributed by atoms with van der Waals surface area (Å²) in [5.41, 5.74) is 4.74. The molecule has 1 rings (SSSR count). The van der Waals surface area contributed by atoms with Crippen LogP contribution in [0.4, 0.5) is 0 Å². The van der Waals surface area contributed by atoms with Gasteiger partial charge in [0.05, 0.1) is 7.11 Å². The zero-order valence-corrected chi connectivity index (χ0v) is 11.5. The van der Waals surface area contributed by atoms with Gasteiger partial charge in [0, 0.05) is 5.92 Å². The first kappa shape index (κ1) is 15.0. The van der Waals surface area contributed by atoms with Crippen molar-refractivity contribution in [3.63, 3.8) is 0 Å². The molecule has 0 aromatic carbocycles. The Morgan fingerprint density at radius 1 is 1.44 bits per heavy atom. The largest absolute Gasteiger partial charge is 0.467 e. The van der Waals surface area contributed by atoms with Crippen molar-refractivity contribution in [2.75, 3.05) is 13.7 Å². The smallest absolute Gasteiger partial charge is 0.331 e. The van der Waals surface area contributed by atoms with E-state index in [9.17, 15) is 9.59 Å². The predicted octanol–water partition coefficient (Wildman–Crippen LogP) is 0.819. The van der Waals surface area contributed by atoms with Crippen molar-refractivity contribution in [2.45, 2.75) is 45.1 Å². The van der Waals surface area contributed by atoms with Crippen molar-refractivity contribution in [3.05, 3.63) is 0 Å². The fourth-order valence-electron chi connectivity index (χ4n) is 2.54. The minimum atomic E-state index is -0.937. The summed E-state index contributed by atoms with van der Waals surface area (Å²) in [5, 5.41) is 2.83. The first-order valence-corrected chi connectivity index (χ1v) is 6.59. The van der Waals surface area contributed by atoms with Crippen LogP contribution in [0.2, 0.25) is 0 Å². The lowest BCUT2D eigenvalue weighted by atomic mass is 9.92. The number of carbonyl (C=O) groups excluding carboxylic acids is 2. The summed E-state index contributed by atoms with van der Waals surface area (Å²) in [6.45, 7) is 4.08. The molecule has 18 heavy (non-hydrogen) atoms. The third-order valence-electron chi connectivity index (χ3n) is 4.04. The molecule has 1 unspecified atom stereocenters. The molecule has 3 atom stereocenters. The lowest BCUT2D eigenvalue weighted by Gasteiger charge is -2.29. The van der Waals surface area contributed by atoms with E-state index in [-0.39, 0.29) is 17.7 Å². The lowest BCUT2D eigenvalue weighted by molar-refractivity contribution is -0.151. The molecule has 3 N–H and O–H groups in total. The van der Waals surface area contributed by atoms with Crippen molar-refractivity contribution in [2.24, 2.45) is 17.6 Å². The summed E-state index contributed by atoms with van der Waals surface area (Å²) >= 11 is 0. The summed E-state index contributed by atoms with van der Waals surface area (Å²) in [6, 6.07) is 0. The van der Waals surface area contributed by atoms with Crippen molar-refractivity contribution in [1.82, 2.24) is 5.32 Å². The van der Waals surface area contributed by atoms with Crippen LogP contribution < -0.4 is 11.1 Å². The Morgan fingerprint density at radius 2 is 2.11 bits per heavy atom. The maximum atomic E-state index is 12.2. The number of carbonyl (C=O) groups is 2. The number of rotatable bonds is 5. The maximum Gasteiger partial charge on any atom is 0.331 e. The minimum Gasteiger partial charge on any atom is -0.467 e. The van der Waals surface area contributed by atoms with Gasteiger partial charge in [0.2, 0.25) is 5.91 Å². The summed E-state index contributed by atoms with van der Waals surface area (Å²) in [7, 11) is 1.33. The van der Waals surface area contributed by atoms with Crippen LogP contribution in [-0.2, 0) is 14.3 Å². The molecule has 104 valence electrons. The van der Waals surface area contributed by atoms with Crippen LogP contribution in [0, 0.1) is 11.8 Å². The molecule has 0 radical (unpaired) electrons. The Hall–Kier alpha value is -1.10. The summed E-state index contributed by atoms with van der Waals surface area (Å²) in [5.74, 6) is -0.298. The van der Waals surface area contributed by atoms with Crippen LogP contribution in [0.3, 0.4) is 0 Å². The Morgan fingerprint density at radius 3 is 2.61 bits per heavy atom. The highest BCUT2D eigenvalue weighted by Crippen LogP contribution is 2.31. The first-order chi connectivity index (χ1) is 8.48. The average molecular weight is 256 g/mol. The van der Waals surface area contributed by atoms with E-state index < -0.39 is 11.5 Å². The summed E-state index contributed by atoms with van der Waals surface area (Å²) in [4.78, 5) is 23.9. The van der Waals surface area contributed by atoms with Gasteiger partial charge in [-0.05, 0) is 38.6 Å². The molecule has 0 aromatic heterocycles. The van der Waals surface area contributed by atoms with E-state index in [1.807, 2.05) is 6.92 Å². The quantitative estimate of drug-likeness (QED) is 0.714. The van der Waals surface area contributed by atoms with Crippen molar-refractivity contribution >= 4 is 11.9 Å². The zero-order valence-electron chi connectivity index (χ0n) is 11.5. The number of nitrogens with two attached hydrogens (primary N) is 1. The zero-order chi connectivity index (χ0) is 13.8. The Labute approximate surface area is 108 Å². The van der Waals surface area contributed by atoms with Crippen LogP contribution in [0.5, 0.6) is 0 Å². The standard InChI is InChI=1S/C13H24N2O3/c1-4-13(2,12(17)18-3)15-11(16)10-7-5-6-9(10)8-14/h9-10H,4-8,14H2,1-3H3,(H,15,16)/t9-,10-,13?/m1/s1. The number of esters is 1. The fourth-order valence-corrected chi connectivity index (χ4v) is 2.54. The Bertz CT molecular complexity index is 319. The highest BCUT2D eigenvalue weighted by Gasteiger charge is 2.39. The molecule has 1 amide bonds. The van der Waals surface area contributed by atoms with Gasteiger partial charge in [-0.3, -0.25) is 4.79 Å².